The van der Waals surface area contributed by atoms with Crippen molar-refractivity contribution in [3.8, 4) is 0 Å². The molecule has 104 valence electrons. The van der Waals surface area contributed by atoms with Gasteiger partial charge in [-0.3, -0.25) is 9.59 Å². The molecule has 0 aromatic heterocycles. The van der Waals surface area contributed by atoms with Crippen LogP contribution in [0.1, 0.15) is 17.3 Å². The van der Waals surface area contributed by atoms with Gasteiger partial charge in [0.15, 0.2) is 0 Å². The first kappa shape index (κ1) is 15.3. The summed E-state index contributed by atoms with van der Waals surface area (Å²) in [5, 5.41) is 2.79. The Morgan fingerprint density at radius 2 is 2.11 bits per heavy atom. The molecule has 0 radical (unpaired) electrons. The van der Waals surface area contributed by atoms with Crippen molar-refractivity contribution in [1.29, 1.82) is 0 Å². The molecule has 1 unspecified atom stereocenters. The molecular weight excluding hydrogens is 266 g/mol. The zero-order chi connectivity index (χ0) is 14.6. The molecule has 1 aromatic carbocycles. The topological polar surface area (TPSA) is 75.4 Å². The Labute approximate surface area is 117 Å². The van der Waals surface area contributed by atoms with E-state index in [1.54, 1.807) is 39.2 Å². The molecule has 3 N–H and O–H groups in total. The van der Waals surface area contributed by atoms with Gasteiger partial charge < -0.3 is 16.0 Å². The lowest BCUT2D eigenvalue weighted by atomic mass is 10.1. The SMILES string of the molecule is CNC(=O)C(C)CN(C)C(=O)c1cccc(N)c1Cl. The number of halogens is 1. The standard InChI is InChI=1S/C13H18ClN3O2/c1-8(12(18)16-2)7-17(3)13(19)9-5-4-6-10(15)11(9)14/h4-6,8H,7,15H2,1-3H3,(H,16,18). The van der Waals surface area contributed by atoms with Gasteiger partial charge in [0, 0.05) is 20.6 Å². The van der Waals surface area contributed by atoms with Gasteiger partial charge in [-0.05, 0) is 12.1 Å². The Morgan fingerprint density at radius 1 is 1.47 bits per heavy atom. The molecule has 2 amide bonds. The number of nitrogen functional groups attached to an aromatic ring is 1. The van der Waals surface area contributed by atoms with E-state index in [4.69, 9.17) is 17.3 Å². The van der Waals surface area contributed by atoms with Gasteiger partial charge in [0.2, 0.25) is 5.91 Å². The Kier molecular flexibility index (Phi) is 5.18. The molecule has 0 spiro atoms. The molecule has 0 saturated carbocycles. The monoisotopic (exact) mass is 283 g/mol. The molecule has 0 aliphatic carbocycles. The summed E-state index contributed by atoms with van der Waals surface area (Å²) in [6.45, 7) is 2.06. The van der Waals surface area contributed by atoms with Crippen LogP contribution >= 0.6 is 11.6 Å². The predicted molar refractivity (Wildman–Crippen MR) is 76.1 cm³/mol. The third kappa shape index (κ3) is 3.61. The van der Waals surface area contributed by atoms with Crippen molar-refractivity contribution < 1.29 is 9.59 Å². The molecule has 1 atom stereocenters. The van der Waals surface area contributed by atoms with Gasteiger partial charge in [-0.2, -0.15) is 0 Å². The first-order chi connectivity index (χ1) is 8.88. The van der Waals surface area contributed by atoms with Crippen molar-refractivity contribution in [1.82, 2.24) is 10.2 Å². The van der Waals surface area contributed by atoms with E-state index in [1.807, 2.05) is 0 Å². The highest BCUT2D eigenvalue weighted by molar-refractivity contribution is 6.36. The van der Waals surface area contributed by atoms with E-state index >= 15 is 0 Å². The summed E-state index contributed by atoms with van der Waals surface area (Å²) in [4.78, 5) is 25.1. The molecule has 19 heavy (non-hydrogen) atoms. The van der Waals surface area contributed by atoms with Crippen LogP contribution in [0.15, 0.2) is 18.2 Å². The molecule has 0 aliphatic heterocycles. The van der Waals surface area contributed by atoms with E-state index in [0.29, 0.717) is 17.8 Å². The second-order valence-corrected chi connectivity index (χ2v) is 4.79. The van der Waals surface area contributed by atoms with Crippen LogP contribution in [-0.2, 0) is 4.79 Å². The highest BCUT2D eigenvalue weighted by Gasteiger charge is 2.20. The largest absolute Gasteiger partial charge is 0.398 e. The number of carbonyl (C=O) groups is 2. The van der Waals surface area contributed by atoms with Crippen LogP contribution in [0.2, 0.25) is 5.02 Å². The van der Waals surface area contributed by atoms with Crippen LogP contribution in [0.3, 0.4) is 0 Å². The normalized spacial score (nSPS) is 11.8. The van der Waals surface area contributed by atoms with Crippen molar-refractivity contribution in [2.24, 2.45) is 5.92 Å². The van der Waals surface area contributed by atoms with Gasteiger partial charge in [0.05, 0.1) is 22.2 Å². The highest BCUT2D eigenvalue weighted by atomic mass is 35.5. The minimum Gasteiger partial charge on any atom is -0.398 e. The summed E-state index contributed by atoms with van der Waals surface area (Å²) in [6, 6.07) is 4.92. The van der Waals surface area contributed by atoms with E-state index in [-0.39, 0.29) is 22.8 Å². The van der Waals surface area contributed by atoms with Crippen molar-refractivity contribution in [2.75, 3.05) is 26.4 Å². The Morgan fingerprint density at radius 3 is 2.68 bits per heavy atom. The number of benzene rings is 1. The minimum atomic E-state index is -0.293. The number of nitrogens with zero attached hydrogens (tertiary/aromatic N) is 1. The number of nitrogens with two attached hydrogens (primary N) is 1. The lowest BCUT2D eigenvalue weighted by Gasteiger charge is -2.21. The van der Waals surface area contributed by atoms with Crippen LogP contribution in [0, 0.1) is 5.92 Å². The molecule has 1 aromatic rings. The summed E-state index contributed by atoms with van der Waals surface area (Å²) in [5.41, 5.74) is 6.37. The first-order valence-corrected chi connectivity index (χ1v) is 6.27. The summed E-state index contributed by atoms with van der Waals surface area (Å²) < 4.78 is 0. The average Bonchev–Trinajstić information content (AvgIpc) is 2.39. The maximum absolute atomic E-state index is 12.2. The van der Waals surface area contributed by atoms with Crippen LogP contribution in [0.4, 0.5) is 5.69 Å². The number of hydrogen-bond acceptors (Lipinski definition) is 3. The average molecular weight is 284 g/mol. The molecular formula is C13H18ClN3O2. The second-order valence-electron chi connectivity index (χ2n) is 4.41. The lowest BCUT2D eigenvalue weighted by Crippen LogP contribution is -2.37. The Balaban J connectivity index is 2.83. The van der Waals surface area contributed by atoms with E-state index in [9.17, 15) is 9.59 Å². The summed E-state index contributed by atoms with van der Waals surface area (Å²) in [7, 11) is 3.19. The molecule has 0 aliphatic rings. The van der Waals surface area contributed by atoms with E-state index < -0.39 is 0 Å². The number of amides is 2. The number of nitrogens with one attached hydrogen (secondary N) is 1. The Bertz CT molecular complexity index is 491. The third-order valence-electron chi connectivity index (χ3n) is 2.85. The van der Waals surface area contributed by atoms with Crippen LogP contribution in [0.25, 0.3) is 0 Å². The highest BCUT2D eigenvalue weighted by Crippen LogP contribution is 2.24. The van der Waals surface area contributed by atoms with Gasteiger partial charge in [0.25, 0.3) is 5.91 Å². The Hall–Kier alpha value is -1.75. The zero-order valence-electron chi connectivity index (χ0n) is 11.2. The number of carbonyl (C=O) groups excluding carboxylic acids is 2. The van der Waals surface area contributed by atoms with Crippen molar-refractivity contribution in [3.63, 3.8) is 0 Å². The number of hydrogen-bond donors (Lipinski definition) is 2. The molecule has 5 nitrogen and oxygen atoms in total. The van der Waals surface area contributed by atoms with Crippen molar-refractivity contribution >= 4 is 29.1 Å². The molecule has 0 heterocycles. The zero-order valence-corrected chi connectivity index (χ0v) is 12.0. The van der Waals surface area contributed by atoms with Crippen LogP contribution < -0.4 is 11.1 Å². The quantitative estimate of drug-likeness (QED) is 0.820. The van der Waals surface area contributed by atoms with Gasteiger partial charge in [-0.1, -0.05) is 24.6 Å². The van der Waals surface area contributed by atoms with Crippen molar-refractivity contribution in [3.05, 3.63) is 28.8 Å². The van der Waals surface area contributed by atoms with Gasteiger partial charge in [-0.15, -0.1) is 0 Å². The van der Waals surface area contributed by atoms with E-state index in [0.717, 1.165) is 0 Å². The van der Waals surface area contributed by atoms with Gasteiger partial charge in [-0.25, -0.2) is 0 Å². The van der Waals surface area contributed by atoms with Gasteiger partial charge >= 0.3 is 0 Å². The molecule has 6 heteroatoms. The third-order valence-corrected chi connectivity index (χ3v) is 3.27. The molecule has 0 fully saturated rings. The smallest absolute Gasteiger partial charge is 0.255 e. The van der Waals surface area contributed by atoms with Crippen LogP contribution in [-0.4, -0.2) is 37.4 Å². The fourth-order valence-corrected chi connectivity index (χ4v) is 1.95. The molecule has 0 bridgehead atoms. The van der Waals surface area contributed by atoms with E-state index in [2.05, 4.69) is 5.32 Å². The lowest BCUT2D eigenvalue weighted by molar-refractivity contribution is -0.124. The van der Waals surface area contributed by atoms with Gasteiger partial charge in [0.1, 0.15) is 0 Å². The fraction of sp³-hybridized carbons (Fsp3) is 0.385. The molecule has 1 rings (SSSR count). The van der Waals surface area contributed by atoms with Crippen molar-refractivity contribution in [2.45, 2.75) is 6.92 Å². The minimum absolute atomic E-state index is 0.113. The fourth-order valence-electron chi connectivity index (χ4n) is 1.74. The summed E-state index contributed by atoms with van der Waals surface area (Å²) >= 11 is 6.01. The molecule has 0 saturated heterocycles. The van der Waals surface area contributed by atoms with E-state index in [1.165, 1.54) is 4.90 Å². The van der Waals surface area contributed by atoms with Crippen LogP contribution in [0.5, 0.6) is 0 Å². The maximum atomic E-state index is 12.2. The summed E-state index contributed by atoms with van der Waals surface area (Å²) in [6.07, 6.45) is 0. The number of anilines is 1. The first-order valence-electron chi connectivity index (χ1n) is 5.89. The second kappa shape index (κ2) is 6.43. The number of rotatable bonds is 4. The maximum Gasteiger partial charge on any atom is 0.255 e. The predicted octanol–water partition coefficient (Wildman–Crippen LogP) is 1.38. The summed E-state index contributed by atoms with van der Waals surface area (Å²) in [5.74, 6) is -0.662.